The largest absolute Gasteiger partial charge is 0.464 e. The molecule has 29 heavy (non-hydrogen) atoms. The summed E-state index contributed by atoms with van der Waals surface area (Å²) in [4.78, 5) is 23.9. The number of carbonyl (C=O) groups is 2. The Morgan fingerprint density at radius 1 is 1.28 bits per heavy atom. The first-order valence-corrected chi connectivity index (χ1v) is 10.3. The zero-order valence-electron chi connectivity index (χ0n) is 19.8. The lowest BCUT2D eigenvalue weighted by Crippen LogP contribution is -2.50. The van der Waals surface area contributed by atoms with Gasteiger partial charge >= 0.3 is 12.1 Å². The Morgan fingerprint density at radius 2 is 2.14 bits per heavy atom. The van der Waals surface area contributed by atoms with E-state index in [1.165, 1.54) is 0 Å². The van der Waals surface area contributed by atoms with Crippen LogP contribution in [0.1, 0.15) is 55.4 Å². The quantitative estimate of drug-likeness (QED) is 0.408. The van der Waals surface area contributed by atoms with Gasteiger partial charge in [-0.25, -0.2) is 4.79 Å². The van der Waals surface area contributed by atoms with E-state index in [1.54, 1.807) is 6.92 Å². The van der Waals surface area contributed by atoms with E-state index in [4.69, 9.17) is 13.6 Å². The van der Waals surface area contributed by atoms with Gasteiger partial charge in [0.25, 0.3) is 0 Å². The molecule has 0 bridgehead atoms. The summed E-state index contributed by atoms with van der Waals surface area (Å²) in [5, 5.41) is 19.1. The number of tetrazole rings is 1. The van der Waals surface area contributed by atoms with Gasteiger partial charge in [-0.05, 0) is 56.9 Å². The fourth-order valence-electron chi connectivity index (χ4n) is 3.96. The molecule has 0 aromatic carbocycles. The number of aryl methyl sites for hydroxylation is 1. The summed E-state index contributed by atoms with van der Waals surface area (Å²) in [6.07, 6.45) is 3.86. The van der Waals surface area contributed by atoms with Crippen LogP contribution >= 0.6 is 0 Å². The summed E-state index contributed by atoms with van der Waals surface area (Å²) in [6.45, 7) is 0.488. The van der Waals surface area contributed by atoms with Crippen molar-refractivity contribution < 1.29 is 23.2 Å². The Hall–Kier alpha value is -2.23. The van der Waals surface area contributed by atoms with Crippen LogP contribution in [0.3, 0.4) is 0 Å². The standard InChI is InChI=1S/C19H32N6O4/c1-2-20-19(27)29-9-3-8-28-18(26)16-11-15-10-13(4-6-14(15)12-21-16)5-7-17-22-24-25-23-17/h13-16,21H,2-12H2,1H3,(H,20,27)(H,22,23,24,25)/t13-,14+,15-,16+/m1/s1/i12D2,16D. The highest BCUT2D eigenvalue weighted by Gasteiger charge is 2.38. The van der Waals surface area contributed by atoms with E-state index in [0.717, 1.165) is 19.3 Å². The average molecular weight is 412 g/mol. The molecule has 1 aliphatic carbocycles. The highest BCUT2D eigenvalue weighted by molar-refractivity contribution is 5.76. The molecule has 3 rings (SSSR count). The Labute approximate surface area is 175 Å². The Bertz CT molecular complexity index is 768. The van der Waals surface area contributed by atoms with Crippen molar-refractivity contribution in [3.8, 4) is 0 Å². The summed E-state index contributed by atoms with van der Waals surface area (Å²) in [5.74, 6) is -0.133. The van der Waals surface area contributed by atoms with E-state index in [0.29, 0.717) is 37.5 Å². The molecule has 2 heterocycles. The number of rotatable bonds is 9. The van der Waals surface area contributed by atoms with Gasteiger partial charge in [-0.3, -0.25) is 4.79 Å². The second-order valence-electron chi connectivity index (χ2n) is 7.52. The lowest BCUT2D eigenvalue weighted by molar-refractivity contribution is -0.148. The van der Waals surface area contributed by atoms with E-state index in [9.17, 15) is 9.59 Å². The number of ether oxygens (including phenoxy) is 2. The first-order valence-electron chi connectivity index (χ1n) is 11.8. The fourth-order valence-corrected chi connectivity index (χ4v) is 3.96. The minimum atomic E-state index is -1.85. The summed E-state index contributed by atoms with van der Waals surface area (Å²) in [7, 11) is 0. The number of amides is 1. The number of piperidine rings is 1. The monoisotopic (exact) mass is 411 g/mol. The minimum Gasteiger partial charge on any atom is -0.464 e. The van der Waals surface area contributed by atoms with Crippen molar-refractivity contribution in [2.24, 2.45) is 17.8 Å². The highest BCUT2D eigenvalue weighted by atomic mass is 16.6. The predicted molar refractivity (Wildman–Crippen MR) is 104 cm³/mol. The SMILES string of the molecule is [2H]C1([2H])N[C@]([2H])(C(=O)OCCCOC(=O)NCC)C[C@H]2C[C@@H](CCc3nn[nH]n3)CC[C@H]21. The van der Waals surface area contributed by atoms with Gasteiger partial charge in [-0.15, -0.1) is 10.2 Å². The van der Waals surface area contributed by atoms with Crippen LogP contribution in [0.2, 0.25) is 0 Å². The molecule has 1 saturated heterocycles. The molecular formula is C19H32N6O4. The number of alkyl carbamates (subject to hydrolysis) is 1. The molecule has 2 aliphatic rings. The number of aromatic amines is 1. The third-order valence-corrected chi connectivity index (χ3v) is 5.45. The number of nitrogens with zero attached hydrogens (tertiary/aromatic N) is 3. The molecule has 162 valence electrons. The molecule has 0 spiro atoms. The van der Waals surface area contributed by atoms with Crippen molar-refractivity contribution in [2.45, 2.75) is 57.9 Å². The van der Waals surface area contributed by atoms with Crippen LogP contribution < -0.4 is 10.6 Å². The van der Waals surface area contributed by atoms with Crippen molar-refractivity contribution in [3.63, 3.8) is 0 Å². The van der Waals surface area contributed by atoms with E-state index in [-0.39, 0.29) is 31.5 Å². The van der Waals surface area contributed by atoms with Crippen molar-refractivity contribution in [1.29, 1.82) is 0 Å². The van der Waals surface area contributed by atoms with Gasteiger partial charge in [-0.2, -0.15) is 5.21 Å². The van der Waals surface area contributed by atoms with E-state index < -0.39 is 24.6 Å². The van der Waals surface area contributed by atoms with E-state index in [2.05, 4.69) is 31.3 Å². The van der Waals surface area contributed by atoms with Crippen LogP contribution in [0.4, 0.5) is 4.79 Å². The lowest BCUT2D eigenvalue weighted by atomic mass is 9.69. The third-order valence-electron chi connectivity index (χ3n) is 5.45. The van der Waals surface area contributed by atoms with Crippen LogP contribution in [0.5, 0.6) is 0 Å². The van der Waals surface area contributed by atoms with Crippen LogP contribution in [0.25, 0.3) is 0 Å². The minimum absolute atomic E-state index is 0.00896. The van der Waals surface area contributed by atoms with E-state index >= 15 is 0 Å². The van der Waals surface area contributed by atoms with Crippen LogP contribution in [-0.2, 0) is 20.7 Å². The Balaban J connectivity index is 1.50. The smallest absolute Gasteiger partial charge is 0.407 e. The molecule has 3 N–H and O–H groups in total. The van der Waals surface area contributed by atoms with Gasteiger partial charge in [0.2, 0.25) is 0 Å². The number of nitrogens with one attached hydrogen (secondary N) is 3. The average Bonchev–Trinajstić information content (AvgIpc) is 3.25. The molecule has 1 saturated carbocycles. The van der Waals surface area contributed by atoms with Crippen molar-refractivity contribution >= 4 is 12.1 Å². The maximum absolute atomic E-state index is 12.7. The molecule has 1 aromatic rings. The van der Waals surface area contributed by atoms with Crippen molar-refractivity contribution in [3.05, 3.63) is 5.82 Å². The fraction of sp³-hybridized carbons (Fsp3) is 0.842. The zero-order chi connectivity index (χ0) is 23.2. The number of fused-ring (bicyclic) bond motifs is 1. The molecule has 0 unspecified atom stereocenters. The number of hydrogen-bond acceptors (Lipinski definition) is 8. The third kappa shape index (κ3) is 6.66. The van der Waals surface area contributed by atoms with Gasteiger partial charge in [0.1, 0.15) is 6.02 Å². The first-order chi connectivity index (χ1) is 15.2. The summed E-state index contributed by atoms with van der Waals surface area (Å²) in [5.41, 5.74) is 0. The van der Waals surface area contributed by atoms with Gasteiger partial charge in [0, 0.05) is 22.1 Å². The topological polar surface area (TPSA) is 131 Å². The number of hydrogen-bond donors (Lipinski definition) is 3. The Morgan fingerprint density at radius 3 is 2.93 bits per heavy atom. The van der Waals surface area contributed by atoms with E-state index in [1.807, 2.05) is 0 Å². The molecule has 2 fully saturated rings. The van der Waals surface area contributed by atoms with Gasteiger partial charge < -0.3 is 20.1 Å². The molecule has 10 heteroatoms. The molecule has 1 amide bonds. The first kappa shape index (κ1) is 17.6. The van der Waals surface area contributed by atoms with Gasteiger partial charge in [-0.1, -0.05) is 11.6 Å². The zero-order valence-corrected chi connectivity index (χ0v) is 16.8. The second kappa shape index (κ2) is 11.1. The molecular weight excluding hydrogens is 376 g/mol. The summed E-state index contributed by atoms with van der Waals surface area (Å²) < 4.78 is 35.7. The summed E-state index contributed by atoms with van der Waals surface area (Å²) in [6, 6.07) is -1.85. The lowest BCUT2D eigenvalue weighted by Gasteiger charge is -2.42. The van der Waals surface area contributed by atoms with Crippen LogP contribution in [-0.4, -0.2) is 65.0 Å². The van der Waals surface area contributed by atoms with Crippen molar-refractivity contribution in [2.75, 3.05) is 26.3 Å². The second-order valence-corrected chi connectivity index (χ2v) is 7.52. The molecule has 1 aromatic heterocycles. The molecule has 1 aliphatic heterocycles. The van der Waals surface area contributed by atoms with Gasteiger partial charge in [0.15, 0.2) is 5.82 Å². The van der Waals surface area contributed by atoms with Crippen LogP contribution in [0, 0.1) is 17.8 Å². The Kier molecular flexibility index (Phi) is 6.73. The number of aromatic nitrogens is 4. The predicted octanol–water partition coefficient (Wildman–Crippen LogP) is 1.21. The van der Waals surface area contributed by atoms with Gasteiger partial charge in [0.05, 0.1) is 14.6 Å². The maximum Gasteiger partial charge on any atom is 0.407 e. The number of carbonyl (C=O) groups excluding carboxylic acids is 2. The molecule has 4 atom stereocenters. The maximum atomic E-state index is 12.7. The molecule has 0 radical (unpaired) electrons. The highest BCUT2D eigenvalue weighted by Crippen LogP contribution is 2.40. The summed E-state index contributed by atoms with van der Waals surface area (Å²) >= 11 is 0. The number of H-pyrrole nitrogens is 1. The van der Waals surface area contributed by atoms with Crippen LogP contribution in [0.15, 0.2) is 0 Å². The van der Waals surface area contributed by atoms with Crippen molar-refractivity contribution in [1.82, 2.24) is 31.3 Å². The number of esters is 1. The molecule has 10 nitrogen and oxygen atoms in total. The normalized spacial score (nSPS) is 32.2.